The molecular formula is C30H31N3O2. The largest absolute Gasteiger partial charge is 0.480 e. The summed E-state index contributed by atoms with van der Waals surface area (Å²) < 4.78 is 7.54. The van der Waals surface area contributed by atoms with Gasteiger partial charge in [-0.3, -0.25) is 4.79 Å². The number of amides is 1. The minimum absolute atomic E-state index is 0.0580. The van der Waals surface area contributed by atoms with Gasteiger partial charge in [-0.25, -0.2) is 0 Å². The molecule has 1 fully saturated rings. The minimum Gasteiger partial charge on any atom is -0.480 e. The van der Waals surface area contributed by atoms with Crippen molar-refractivity contribution in [1.29, 1.82) is 0 Å². The lowest BCUT2D eigenvalue weighted by Gasteiger charge is -2.31. The lowest BCUT2D eigenvalue weighted by Crippen LogP contribution is -2.34. The van der Waals surface area contributed by atoms with E-state index in [0.717, 1.165) is 29.7 Å². The van der Waals surface area contributed by atoms with E-state index in [2.05, 4.69) is 17.4 Å². The third-order valence-corrected chi connectivity index (χ3v) is 6.88. The van der Waals surface area contributed by atoms with E-state index in [1.54, 1.807) is 11.8 Å². The number of hydrogen-bond donors (Lipinski definition) is 1. The molecule has 3 aromatic carbocycles. The summed E-state index contributed by atoms with van der Waals surface area (Å²) in [6, 6.07) is 29.9. The van der Waals surface area contributed by atoms with E-state index in [1.165, 1.54) is 19.3 Å². The zero-order valence-corrected chi connectivity index (χ0v) is 20.1. The topological polar surface area (TPSA) is 56.1 Å². The standard InChI is InChI=1S/C30H31N3O2/c1-35-30-26(28(24-18-10-4-11-19-24)32-33(30)25-20-12-5-13-21-25)29(34)31-27(22-14-6-2-7-15-22)23-16-8-3-9-17-23/h2,4-7,10-15,18-21,23,27H,3,8-9,16-17H2,1H3,(H,31,34). The van der Waals surface area contributed by atoms with Gasteiger partial charge in [0.2, 0.25) is 5.88 Å². The first-order chi connectivity index (χ1) is 17.3. The molecule has 1 aliphatic rings. The van der Waals surface area contributed by atoms with Crippen LogP contribution in [0.25, 0.3) is 16.9 Å². The Balaban J connectivity index is 1.59. The van der Waals surface area contributed by atoms with Gasteiger partial charge in [0, 0.05) is 5.56 Å². The van der Waals surface area contributed by atoms with Crippen molar-refractivity contribution in [3.8, 4) is 22.8 Å². The van der Waals surface area contributed by atoms with Crippen LogP contribution in [0.1, 0.15) is 54.1 Å². The van der Waals surface area contributed by atoms with Crippen molar-refractivity contribution in [1.82, 2.24) is 15.1 Å². The number of nitrogens with one attached hydrogen (secondary N) is 1. The summed E-state index contributed by atoms with van der Waals surface area (Å²) >= 11 is 0. The van der Waals surface area contributed by atoms with Crippen LogP contribution in [0.4, 0.5) is 0 Å². The van der Waals surface area contributed by atoms with Gasteiger partial charge in [0.15, 0.2) is 0 Å². The van der Waals surface area contributed by atoms with E-state index in [4.69, 9.17) is 9.84 Å². The molecule has 1 unspecified atom stereocenters. The smallest absolute Gasteiger partial charge is 0.259 e. The van der Waals surface area contributed by atoms with Crippen LogP contribution in [0, 0.1) is 5.92 Å². The zero-order valence-electron chi connectivity index (χ0n) is 20.1. The lowest BCUT2D eigenvalue weighted by atomic mass is 9.81. The predicted molar refractivity (Wildman–Crippen MR) is 139 cm³/mol. The molecule has 1 aliphatic carbocycles. The molecule has 5 heteroatoms. The fourth-order valence-corrected chi connectivity index (χ4v) is 5.15. The average Bonchev–Trinajstić information content (AvgIpc) is 3.33. The van der Waals surface area contributed by atoms with Crippen LogP contribution in [-0.4, -0.2) is 22.8 Å². The summed E-state index contributed by atoms with van der Waals surface area (Å²) in [6.07, 6.45) is 5.90. The molecule has 1 saturated carbocycles. The second kappa shape index (κ2) is 10.6. The van der Waals surface area contributed by atoms with E-state index in [9.17, 15) is 4.79 Å². The highest BCUT2D eigenvalue weighted by Crippen LogP contribution is 2.37. The number of carbonyl (C=O) groups excluding carboxylic acids is 1. The molecule has 5 nitrogen and oxygen atoms in total. The Bertz CT molecular complexity index is 1250. The number of carbonyl (C=O) groups is 1. The summed E-state index contributed by atoms with van der Waals surface area (Å²) in [7, 11) is 1.60. The van der Waals surface area contributed by atoms with Gasteiger partial charge in [-0.05, 0) is 36.5 Å². The summed E-state index contributed by atoms with van der Waals surface area (Å²) in [5, 5.41) is 8.26. The maximum Gasteiger partial charge on any atom is 0.259 e. The monoisotopic (exact) mass is 465 g/mol. The third kappa shape index (κ3) is 4.85. The van der Waals surface area contributed by atoms with Crippen LogP contribution >= 0.6 is 0 Å². The highest BCUT2D eigenvalue weighted by molar-refractivity contribution is 6.02. The molecule has 0 saturated heterocycles. The molecule has 0 spiro atoms. The van der Waals surface area contributed by atoms with Gasteiger partial charge in [0.05, 0.1) is 18.8 Å². The van der Waals surface area contributed by atoms with Crippen LogP contribution in [0.3, 0.4) is 0 Å². The Hall–Kier alpha value is -3.86. The van der Waals surface area contributed by atoms with Crippen LogP contribution in [0.5, 0.6) is 5.88 Å². The molecule has 1 N–H and O–H groups in total. The van der Waals surface area contributed by atoms with E-state index < -0.39 is 0 Å². The molecule has 4 aromatic rings. The van der Waals surface area contributed by atoms with E-state index in [0.29, 0.717) is 23.1 Å². The van der Waals surface area contributed by atoms with Crippen LogP contribution < -0.4 is 10.1 Å². The van der Waals surface area contributed by atoms with Crippen LogP contribution in [0.2, 0.25) is 0 Å². The summed E-state index contributed by atoms with van der Waals surface area (Å²) in [5.74, 6) is 0.677. The first kappa shape index (κ1) is 22.9. The lowest BCUT2D eigenvalue weighted by molar-refractivity contribution is 0.0910. The van der Waals surface area contributed by atoms with E-state index >= 15 is 0 Å². The molecule has 0 bridgehead atoms. The number of rotatable bonds is 7. The predicted octanol–water partition coefficient (Wildman–Crippen LogP) is 6.60. The number of hydrogen-bond acceptors (Lipinski definition) is 3. The number of methoxy groups -OCH3 is 1. The molecule has 1 amide bonds. The molecular weight excluding hydrogens is 434 g/mol. The zero-order chi connectivity index (χ0) is 24.0. The molecule has 0 radical (unpaired) electrons. The summed E-state index contributed by atoms with van der Waals surface area (Å²) in [5.41, 5.74) is 3.93. The Morgan fingerprint density at radius 2 is 1.49 bits per heavy atom. The van der Waals surface area contributed by atoms with Crippen molar-refractivity contribution in [2.24, 2.45) is 5.92 Å². The Labute approximate surface area is 206 Å². The normalized spacial score (nSPS) is 14.9. The molecule has 1 atom stereocenters. The third-order valence-electron chi connectivity index (χ3n) is 6.88. The number of nitrogens with zero attached hydrogens (tertiary/aromatic N) is 2. The van der Waals surface area contributed by atoms with Gasteiger partial charge in [-0.2, -0.15) is 9.78 Å². The van der Waals surface area contributed by atoms with Crippen molar-refractivity contribution >= 4 is 5.91 Å². The van der Waals surface area contributed by atoms with Gasteiger partial charge in [-0.15, -0.1) is 0 Å². The highest BCUT2D eigenvalue weighted by Gasteiger charge is 2.31. The van der Waals surface area contributed by atoms with Crippen molar-refractivity contribution in [2.75, 3.05) is 7.11 Å². The van der Waals surface area contributed by atoms with Gasteiger partial charge in [0.25, 0.3) is 5.91 Å². The highest BCUT2D eigenvalue weighted by atomic mass is 16.5. The Kier molecular flexibility index (Phi) is 6.94. The Morgan fingerprint density at radius 3 is 2.11 bits per heavy atom. The first-order valence-corrected chi connectivity index (χ1v) is 12.4. The number of aromatic nitrogens is 2. The van der Waals surface area contributed by atoms with Crippen molar-refractivity contribution < 1.29 is 9.53 Å². The molecule has 0 aliphatic heterocycles. The van der Waals surface area contributed by atoms with Crippen LogP contribution in [0.15, 0.2) is 91.0 Å². The van der Waals surface area contributed by atoms with Gasteiger partial charge < -0.3 is 10.1 Å². The maximum atomic E-state index is 14.0. The molecule has 5 rings (SSSR count). The first-order valence-electron chi connectivity index (χ1n) is 12.4. The van der Waals surface area contributed by atoms with Crippen molar-refractivity contribution in [3.05, 3.63) is 102 Å². The molecule has 1 heterocycles. The summed E-state index contributed by atoms with van der Waals surface area (Å²) in [6.45, 7) is 0. The van der Waals surface area contributed by atoms with Crippen LogP contribution in [-0.2, 0) is 0 Å². The van der Waals surface area contributed by atoms with Crippen molar-refractivity contribution in [3.63, 3.8) is 0 Å². The minimum atomic E-state index is -0.165. The molecule has 1 aromatic heterocycles. The van der Waals surface area contributed by atoms with E-state index in [1.807, 2.05) is 78.9 Å². The second-order valence-electron chi connectivity index (χ2n) is 9.11. The maximum absolute atomic E-state index is 14.0. The van der Waals surface area contributed by atoms with Crippen molar-refractivity contribution in [2.45, 2.75) is 38.1 Å². The molecule has 35 heavy (non-hydrogen) atoms. The quantitative estimate of drug-likeness (QED) is 0.335. The summed E-state index contributed by atoms with van der Waals surface area (Å²) in [4.78, 5) is 14.0. The second-order valence-corrected chi connectivity index (χ2v) is 9.11. The fraction of sp³-hybridized carbons (Fsp3) is 0.267. The van der Waals surface area contributed by atoms with Gasteiger partial charge in [0.1, 0.15) is 11.3 Å². The Morgan fingerprint density at radius 1 is 0.886 bits per heavy atom. The number of para-hydroxylation sites is 1. The van der Waals surface area contributed by atoms with Gasteiger partial charge >= 0.3 is 0 Å². The fourth-order valence-electron chi connectivity index (χ4n) is 5.15. The SMILES string of the molecule is COc1c(C(=O)NC(c2ccccc2)C2CCCCC2)c(-c2ccccc2)nn1-c1ccccc1. The average molecular weight is 466 g/mol. The number of benzene rings is 3. The van der Waals surface area contributed by atoms with E-state index in [-0.39, 0.29) is 11.9 Å². The number of ether oxygens (including phenoxy) is 1. The molecule has 178 valence electrons. The van der Waals surface area contributed by atoms with Gasteiger partial charge in [-0.1, -0.05) is 98.1 Å².